The number of amides is 1. The highest BCUT2D eigenvalue weighted by atomic mass is 32.2. The Morgan fingerprint density at radius 1 is 0.939 bits per heavy atom. The number of aliphatic hydroxyl groups excluding tert-OH is 1. The Morgan fingerprint density at radius 3 is 2.06 bits per heavy atom. The fraction of sp³-hybridized carbons (Fsp3) is 0.0833. The molecule has 0 saturated carbocycles. The molecule has 0 aromatic heterocycles. The van der Waals surface area contributed by atoms with Crippen LogP contribution in [0.15, 0.2) is 83.3 Å². The van der Waals surface area contributed by atoms with Crippen molar-refractivity contribution in [2.45, 2.75) is 17.9 Å². The number of anilines is 1. The number of carbonyl (C=O) groups is 2. The summed E-state index contributed by atoms with van der Waals surface area (Å²) in [4.78, 5) is 27.1. The zero-order valence-corrected chi connectivity index (χ0v) is 18.2. The Morgan fingerprint density at radius 2 is 1.52 bits per heavy atom. The van der Waals surface area contributed by atoms with E-state index in [4.69, 9.17) is 5.14 Å². The van der Waals surface area contributed by atoms with Gasteiger partial charge >= 0.3 is 0 Å². The molecule has 1 heterocycles. The van der Waals surface area contributed by atoms with E-state index < -0.39 is 33.6 Å². The van der Waals surface area contributed by atoms with E-state index in [0.29, 0.717) is 11.1 Å². The average Bonchev–Trinajstić information content (AvgIpc) is 3.04. The van der Waals surface area contributed by atoms with Crippen LogP contribution in [0.25, 0.3) is 5.76 Å². The molecule has 0 unspecified atom stereocenters. The molecular formula is C24H19FN2O5S. The van der Waals surface area contributed by atoms with E-state index in [2.05, 4.69) is 0 Å². The van der Waals surface area contributed by atoms with Gasteiger partial charge < -0.3 is 5.11 Å². The summed E-state index contributed by atoms with van der Waals surface area (Å²) < 4.78 is 36.8. The first-order chi connectivity index (χ1) is 15.6. The van der Waals surface area contributed by atoms with Crippen molar-refractivity contribution in [3.8, 4) is 0 Å². The molecule has 3 N–H and O–H groups in total. The van der Waals surface area contributed by atoms with Crippen LogP contribution in [0.2, 0.25) is 0 Å². The molecule has 1 amide bonds. The molecule has 0 spiro atoms. The lowest BCUT2D eigenvalue weighted by Crippen LogP contribution is -2.29. The molecule has 0 aliphatic carbocycles. The van der Waals surface area contributed by atoms with Gasteiger partial charge in [0.1, 0.15) is 11.6 Å². The Bertz CT molecular complexity index is 1380. The van der Waals surface area contributed by atoms with Gasteiger partial charge in [0.15, 0.2) is 0 Å². The van der Waals surface area contributed by atoms with Crippen molar-refractivity contribution >= 4 is 33.2 Å². The first-order valence-electron chi connectivity index (χ1n) is 9.84. The van der Waals surface area contributed by atoms with Gasteiger partial charge in [-0.3, -0.25) is 14.5 Å². The number of rotatable bonds is 4. The van der Waals surface area contributed by atoms with Crippen molar-refractivity contribution in [2.75, 3.05) is 4.90 Å². The van der Waals surface area contributed by atoms with E-state index in [0.717, 1.165) is 10.5 Å². The highest BCUT2D eigenvalue weighted by Gasteiger charge is 2.47. The molecule has 4 rings (SSSR count). The molecule has 3 aromatic carbocycles. The van der Waals surface area contributed by atoms with Crippen molar-refractivity contribution in [3.63, 3.8) is 0 Å². The molecule has 0 radical (unpaired) electrons. The second kappa shape index (κ2) is 8.27. The van der Waals surface area contributed by atoms with Crippen LogP contribution in [0.4, 0.5) is 10.1 Å². The first-order valence-corrected chi connectivity index (χ1v) is 11.4. The average molecular weight is 466 g/mol. The summed E-state index contributed by atoms with van der Waals surface area (Å²) in [7, 11) is -3.96. The van der Waals surface area contributed by atoms with E-state index in [1.165, 1.54) is 48.5 Å². The zero-order valence-electron chi connectivity index (χ0n) is 17.4. The molecule has 1 aliphatic heterocycles. The minimum Gasteiger partial charge on any atom is -0.507 e. The van der Waals surface area contributed by atoms with Crippen LogP contribution in [0, 0.1) is 12.7 Å². The number of nitrogens with zero attached hydrogens (tertiary/aromatic N) is 1. The number of benzene rings is 3. The van der Waals surface area contributed by atoms with E-state index in [1.807, 2.05) is 6.92 Å². The van der Waals surface area contributed by atoms with Crippen LogP contribution in [0.1, 0.15) is 22.7 Å². The number of ketones is 1. The predicted molar refractivity (Wildman–Crippen MR) is 120 cm³/mol. The maximum Gasteiger partial charge on any atom is 0.300 e. The van der Waals surface area contributed by atoms with Crippen molar-refractivity contribution < 1.29 is 27.5 Å². The largest absolute Gasteiger partial charge is 0.507 e. The standard InChI is InChI=1S/C24H19FN2O5S/c1-14-2-4-16(5-3-14)22(28)20-21(15-6-8-17(25)9-7-15)27(24(30)23(20)29)18-10-12-19(13-11-18)33(26,31)32/h2-13,21,28H,1H3,(H2,26,31,32)/t21-/m0/s1. The van der Waals surface area contributed by atoms with E-state index in [1.54, 1.807) is 24.3 Å². The van der Waals surface area contributed by atoms with Gasteiger partial charge in [0.25, 0.3) is 11.7 Å². The minimum atomic E-state index is -3.96. The van der Waals surface area contributed by atoms with Crippen LogP contribution in [-0.4, -0.2) is 25.2 Å². The second-order valence-electron chi connectivity index (χ2n) is 7.63. The van der Waals surface area contributed by atoms with Gasteiger partial charge in [-0.1, -0.05) is 42.0 Å². The monoisotopic (exact) mass is 466 g/mol. The number of hydrogen-bond donors (Lipinski definition) is 2. The second-order valence-corrected chi connectivity index (χ2v) is 9.19. The number of halogens is 1. The number of hydrogen-bond acceptors (Lipinski definition) is 5. The summed E-state index contributed by atoms with van der Waals surface area (Å²) in [5.41, 5.74) is 1.72. The number of primary sulfonamides is 1. The van der Waals surface area contributed by atoms with Gasteiger partial charge in [-0.15, -0.1) is 0 Å². The van der Waals surface area contributed by atoms with Gasteiger partial charge in [0.2, 0.25) is 10.0 Å². The molecule has 1 fully saturated rings. The zero-order chi connectivity index (χ0) is 23.9. The summed E-state index contributed by atoms with van der Waals surface area (Å²) in [6.07, 6.45) is 0. The van der Waals surface area contributed by atoms with E-state index in [-0.39, 0.29) is 21.9 Å². The number of sulfonamides is 1. The van der Waals surface area contributed by atoms with Crippen LogP contribution < -0.4 is 10.0 Å². The van der Waals surface area contributed by atoms with Crippen LogP contribution in [0.3, 0.4) is 0 Å². The summed E-state index contributed by atoms with van der Waals surface area (Å²) in [5.74, 6) is -2.71. The smallest absolute Gasteiger partial charge is 0.300 e. The van der Waals surface area contributed by atoms with Crippen LogP contribution in [0.5, 0.6) is 0 Å². The molecule has 7 nitrogen and oxygen atoms in total. The van der Waals surface area contributed by atoms with Crippen LogP contribution in [-0.2, 0) is 19.6 Å². The van der Waals surface area contributed by atoms with Gasteiger partial charge in [-0.05, 0) is 48.9 Å². The maximum absolute atomic E-state index is 13.6. The third-order valence-corrected chi connectivity index (χ3v) is 6.33. The number of Topliss-reactive ketones (excluding diaryl/α,β-unsaturated/α-hetero) is 1. The third-order valence-electron chi connectivity index (χ3n) is 5.40. The Hall–Kier alpha value is -3.82. The molecule has 0 bridgehead atoms. The lowest BCUT2D eigenvalue weighted by Gasteiger charge is -2.25. The number of nitrogens with two attached hydrogens (primary N) is 1. The highest BCUT2D eigenvalue weighted by Crippen LogP contribution is 2.42. The molecule has 1 atom stereocenters. The molecule has 33 heavy (non-hydrogen) atoms. The number of carbonyl (C=O) groups excluding carboxylic acids is 2. The minimum absolute atomic E-state index is 0.161. The molecule has 1 saturated heterocycles. The summed E-state index contributed by atoms with van der Waals surface area (Å²) in [6, 6.07) is 16.0. The molecular weight excluding hydrogens is 447 g/mol. The molecule has 3 aromatic rings. The van der Waals surface area contributed by atoms with Crippen LogP contribution >= 0.6 is 0 Å². The quantitative estimate of drug-likeness (QED) is 0.347. The van der Waals surface area contributed by atoms with Gasteiger partial charge in [0.05, 0.1) is 16.5 Å². The van der Waals surface area contributed by atoms with E-state index >= 15 is 0 Å². The SMILES string of the molecule is Cc1ccc(C(O)=C2C(=O)C(=O)N(c3ccc(S(N)(=O)=O)cc3)[C@H]2c2ccc(F)cc2)cc1. The molecule has 9 heteroatoms. The Kier molecular flexibility index (Phi) is 5.61. The number of aryl methyl sites for hydroxylation is 1. The molecule has 1 aliphatic rings. The summed E-state index contributed by atoms with van der Waals surface area (Å²) in [6.45, 7) is 1.87. The lowest BCUT2D eigenvalue weighted by atomic mass is 9.95. The van der Waals surface area contributed by atoms with Crippen molar-refractivity contribution in [1.82, 2.24) is 0 Å². The highest BCUT2D eigenvalue weighted by molar-refractivity contribution is 7.89. The first kappa shape index (κ1) is 22.4. The fourth-order valence-electron chi connectivity index (χ4n) is 3.72. The van der Waals surface area contributed by atoms with Gasteiger partial charge in [-0.2, -0.15) is 0 Å². The normalized spacial score (nSPS) is 18.0. The third kappa shape index (κ3) is 4.15. The van der Waals surface area contributed by atoms with Gasteiger partial charge in [0, 0.05) is 11.3 Å². The maximum atomic E-state index is 13.6. The summed E-state index contributed by atoms with van der Waals surface area (Å²) in [5, 5.41) is 16.2. The topological polar surface area (TPSA) is 118 Å². The van der Waals surface area contributed by atoms with Gasteiger partial charge in [-0.25, -0.2) is 17.9 Å². The van der Waals surface area contributed by atoms with E-state index in [9.17, 15) is 27.5 Å². The molecule has 168 valence electrons. The van der Waals surface area contributed by atoms with Crippen molar-refractivity contribution in [3.05, 3.63) is 101 Å². The fourth-order valence-corrected chi connectivity index (χ4v) is 4.24. The Balaban J connectivity index is 1.91. The summed E-state index contributed by atoms with van der Waals surface area (Å²) >= 11 is 0. The Labute approximate surface area is 189 Å². The number of aliphatic hydroxyl groups is 1. The van der Waals surface area contributed by atoms with Crippen molar-refractivity contribution in [1.29, 1.82) is 0 Å². The predicted octanol–water partition coefficient (Wildman–Crippen LogP) is 3.41. The van der Waals surface area contributed by atoms with Crippen molar-refractivity contribution in [2.24, 2.45) is 5.14 Å². The lowest BCUT2D eigenvalue weighted by molar-refractivity contribution is -0.132.